The van der Waals surface area contributed by atoms with Crippen LogP contribution in [0.3, 0.4) is 0 Å². The van der Waals surface area contributed by atoms with E-state index >= 15 is 0 Å². The van der Waals surface area contributed by atoms with Crippen molar-refractivity contribution in [2.45, 2.75) is 12.6 Å². The maximum Gasteiger partial charge on any atom is 0.0450 e. The molecule has 3 nitrogen and oxygen atoms in total. The third-order valence-corrected chi connectivity index (χ3v) is 2.96. The normalized spacial score (nSPS) is 21.3. The van der Waals surface area contributed by atoms with Gasteiger partial charge in [-0.3, -0.25) is 0 Å². The molecule has 2 rings (SSSR count). The van der Waals surface area contributed by atoms with E-state index in [0.717, 1.165) is 26.2 Å². The van der Waals surface area contributed by atoms with Crippen LogP contribution in [0.25, 0.3) is 0 Å². The van der Waals surface area contributed by atoms with Crippen LogP contribution in [0.5, 0.6) is 0 Å². The summed E-state index contributed by atoms with van der Waals surface area (Å²) < 4.78 is 0. The first-order valence-corrected chi connectivity index (χ1v) is 5.94. The first-order valence-electron chi connectivity index (χ1n) is 5.94. The molecule has 0 bridgehead atoms. The largest absolute Gasteiger partial charge is 0.314 e. The predicted molar refractivity (Wildman–Crippen MR) is 67.4 cm³/mol. The molecule has 0 radical (unpaired) electrons. The van der Waals surface area contributed by atoms with Crippen molar-refractivity contribution in [2.75, 3.05) is 33.7 Å². The molecule has 0 aromatic heterocycles. The van der Waals surface area contributed by atoms with Crippen LogP contribution in [0.4, 0.5) is 0 Å². The van der Waals surface area contributed by atoms with Gasteiger partial charge in [0.1, 0.15) is 0 Å². The van der Waals surface area contributed by atoms with E-state index in [-0.39, 0.29) is 0 Å². The van der Waals surface area contributed by atoms with Gasteiger partial charge in [0.25, 0.3) is 0 Å². The average molecular weight is 219 g/mol. The van der Waals surface area contributed by atoms with E-state index in [1.807, 2.05) is 0 Å². The van der Waals surface area contributed by atoms with Gasteiger partial charge in [-0.2, -0.15) is 0 Å². The van der Waals surface area contributed by atoms with E-state index in [1.54, 1.807) is 0 Å². The van der Waals surface area contributed by atoms with Crippen LogP contribution in [0.15, 0.2) is 24.3 Å². The fourth-order valence-corrected chi connectivity index (χ4v) is 2.23. The second kappa shape index (κ2) is 5.43. The molecule has 1 heterocycles. The number of benzene rings is 1. The van der Waals surface area contributed by atoms with Crippen LogP contribution in [0, 0.1) is 0 Å². The van der Waals surface area contributed by atoms with Crippen molar-refractivity contribution in [3.8, 4) is 0 Å². The Hall–Kier alpha value is -0.900. The van der Waals surface area contributed by atoms with Gasteiger partial charge >= 0.3 is 0 Å². The summed E-state index contributed by atoms with van der Waals surface area (Å²) in [5.41, 5.74) is 2.86. The van der Waals surface area contributed by atoms with Crippen LogP contribution >= 0.6 is 0 Å². The monoisotopic (exact) mass is 219 g/mol. The third kappa shape index (κ3) is 2.82. The van der Waals surface area contributed by atoms with E-state index in [2.05, 4.69) is 53.9 Å². The number of hydrogen-bond acceptors (Lipinski definition) is 3. The van der Waals surface area contributed by atoms with E-state index in [4.69, 9.17) is 0 Å². The maximum absolute atomic E-state index is 3.57. The van der Waals surface area contributed by atoms with Crippen molar-refractivity contribution in [1.82, 2.24) is 15.5 Å². The van der Waals surface area contributed by atoms with E-state index < -0.39 is 0 Å². The molecule has 1 unspecified atom stereocenters. The molecule has 1 aliphatic rings. The van der Waals surface area contributed by atoms with Gasteiger partial charge in [-0.15, -0.1) is 0 Å². The Morgan fingerprint density at radius 3 is 2.75 bits per heavy atom. The highest BCUT2D eigenvalue weighted by Crippen LogP contribution is 2.19. The van der Waals surface area contributed by atoms with Crippen molar-refractivity contribution in [3.63, 3.8) is 0 Å². The van der Waals surface area contributed by atoms with Gasteiger partial charge in [0.15, 0.2) is 0 Å². The van der Waals surface area contributed by atoms with Crippen LogP contribution in [0.1, 0.15) is 17.2 Å². The third-order valence-electron chi connectivity index (χ3n) is 2.96. The van der Waals surface area contributed by atoms with Crippen LogP contribution in [-0.4, -0.2) is 38.6 Å². The lowest BCUT2D eigenvalue weighted by Gasteiger charge is -2.27. The smallest absolute Gasteiger partial charge is 0.0450 e. The van der Waals surface area contributed by atoms with Crippen LogP contribution < -0.4 is 10.6 Å². The lowest BCUT2D eigenvalue weighted by atomic mass is 9.99. The van der Waals surface area contributed by atoms with Gasteiger partial charge in [-0.05, 0) is 25.2 Å². The molecule has 3 heteroatoms. The van der Waals surface area contributed by atoms with Gasteiger partial charge in [0.05, 0.1) is 0 Å². The Balaban J connectivity index is 2.17. The summed E-state index contributed by atoms with van der Waals surface area (Å²) in [4.78, 5) is 2.22. The maximum atomic E-state index is 3.57. The standard InChI is InChI=1S/C13H21N3/c1-16(2)10-11-5-3-4-6-12(11)13-9-14-7-8-15-13/h3-6,13-15H,7-10H2,1-2H3. The van der Waals surface area contributed by atoms with Crippen LogP contribution in [-0.2, 0) is 6.54 Å². The van der Waals surface area contributed by atoms with Crippen LogP contribution in [0.2, 0.25) is 0 Å². The molecule has 0 saturated carbocycles. The highest BCUT2D eigenvalue weighted by molar-refractivity contribution is 5.30. The lowest BCUT2D eigenvalue weighted by Crippen LogP contribution is -2.43. The summed E-state index contributed by atoms with van der Waals surface area (Å²) in [6, 6.07) is 9.18. The Kier molecular flexibility index (Phi) is 3.93. The minimum atomic E-state index is 0.463. The molecular weight excluding hydrogens is 198 g/mol. The molecule has 1 fully saturated rings. The molecule has 88 valence electrons. The zero-order valence-corrected chi connectivity index (χ0v) is 10.2. The van der Waals surface area contributed by atoms with Gasteiger partial charge in [0.2, 0.25) is 0 Å². The first kappa shape index (κ1) is 11.6. The zero-order chi connectivity index (χ0) is 11.4. The molecular formula is C13H21N3. The molecule has 1 atom stereocenters. The minimum absolute atomic E-state index is 0.463. The Labute approximate surface area is 97.8 Å². The van der Waals surface area contributed by atoms with Crippen molar-refractivity contribution >= 4 is 0 Å². The molecule has 0 amide bonds. The number of nitrogens with zero attached hydrogens (tertiary/aromatic N) is 1. The molecule has 1 aromatic rings. The summed E-state index contributed by atoms with van der Waals surface area (Å²) in [7, 11) is 4.23. The summed E-state index contributed by atoms with van der Waals surface area (Å²) in [5.74, 6) is 0. The molecule has 16 heavy (non-hydrogen) atoms. The van der Waals surface area contributed by atoms with Crippen molar-refractivity contribution in [3.05, 3.63) is 35.4 Å². The van der Waals surface area contributed by atoms with E-state index in [0.29, 0.717) is 6.04 Å². The number of hydrogen-bond donors (Lipinski definition) is 2. The highest BCUT2D eigenvalue weighted by atomic mass is 15.1. The molecule has 0 aliphatic carbocycles. The van der Waals surface area contributed by atoms with Crippen molar-refractivity contribution in [2.24, 2.45) is 0 Å². The minimum Gasteiger partial charge on any atom is -0.314 e. The summed E-state index contributed by atoms with van der Waals surface area (Å²) >= 11 is 0. The fraction of sp³-hybridized carbons (Fsp3) is 0.538. The van der Waals surface area contributed by atoms with Gasteiger partial charge in [-0.25, -0.2) is 0 Å². The van der Waals surface area contributed by atoms with Gasteiger partial charge in [-0.1, -0.05) is 24.3 Å². The van der Waals surface area contributed by atoms with Gasteiger partial charge < -0.3 is 15.5 Å². The number of nitrogens with one attached hydrogen (secondary N) is 2. The Morgan fingerprint density at radius 1 is 1.25 bits per heavy atom. The number of piperazine rings is 1. The fourth-order valence-electron chi connectivity index (χ4n) is 2.23. The Bertz CT molecular complexity index is 330. The predicted octanol–water partition coefficient (Wildman–Crippen LogP) is 0.982. The molecule has 1 aliphatic heterocycles. The molecule has 1 aromatic carbocycles. The van der Waals surface area contributed by atoms with Crippen molar-refractivity contribution < 1.29 is 0 Å². The molecule has 2 N–H and O–H groups in total. The van der Waals surface area contributed by atoms with E-state index in [1.165, 1.54) is 11.1 Å². The highest BCUT2D eigenvalue weighted by Gasteiger charge is 2.16. The average Bonchev–Trinajstić information content (AvgIpc) is 2.30. The quantitative estimate of drug-likeness (QED) is 0.793. The number of rotatable bonds is 3. The summed E-state index contributed by atoms with van der Waals surface area (Å²) in [6.07, 6.45) is 0. The second-order valence-corrected chi connectivity index (χ2v) is 4.65. The summed E-state index contributed by atoms with van der Waals surface area (Å²) in [5, 5.41) is 7.01. The van der Waals surface area contributed by atoms with E-state index in [9.17, 15) is 0 Å². The topological polar surface area (TPSA) is 27.3 Å². The lowest BCUT2D eigenvalue weighted by molar-refractivity contribution is 0.389. The Morgan fingerprint density at radius 2 is 2.06 bits per heavy atom. The second-order valence-electron chi connectivity index (χ2n) is 4.65. The SMILES string of the molecule is CN(C)Cc1ccccc1C1CNCCN1. The first-order chi connectivity index (χ1) is 7.77. The zero-order valence-electron chi connectivity index (χ0n) is 10.2. The van der Waals surface area contributed by atoms with Gasteiger partial charge in [0, 0.05) is 32.2 Å². The van der Waals surface area contributed by atoms with Crippen molar-refractivity contribution in [1.29, 1.82) is 0 Å². The molecule has 0 spiro atoms. The summed E-state index contributed by atoms with van der Waals surface area (Å²) in [6.45, 7) is 4.17. The molecule has 1 saturated heterocycles.